The summed E-state index contributed by atoms with van der Waals surface area (Å²) in [7, 11) is 0. The van der Waals surface area contributed by atoms with Gasteiger partial charge in [0.05, 0.1) is 0 Å². The molecule has 0 heterocycles. The first-order valence-corrected chi connectivity index (χ1v) is 6.40. The number of rotatable bonds is 2. The van der Waals surface area contributed by atoms with Gasteiger partial charge < -0.3 is 0 Å². The molecule has 0 aromatic heterocycles. The molecule has 0 nitrogen and oxygen atoms in total. The van der Waals surface area contributed by atoms with E-state index < -0.39 is 0 Å². The molecule has 96 valence electrons. The average Bonchev–Trinajstić information content (AvgIpc) is 2.08. The average molecular weight is 216 g/mol. The Bertz CT molecular complexity index is 66.5. The molecule has 0 aromatic rings. The summed E-state index contributed by atoms with van der Waals surface area (Å²) in [5.41, 5.74) is 0.500. The lowest BCUT2D eigenvalue weighted by atomic mass is 10.0. The SMILES string of the molecule is C=CC.CC.CC(C)(C)C.CCCCC. The summed E-state index contributed by atoms with van der Waals surface area (Å²) in [6.07, 6.45) is 5.83. The molecule has 0 aliphatic heterocycles. The van der Waals surface area contributed by atoms with Gasteiger partial charge in [0.25, 0.3) is 0 Å². The van der Waals surface area contributed by atoms with E-state index in [9.17, 15) is 0 Å². The molecule has 0 saturated carbocycles. The maximum atomic E-state index is 3.36. The van der Waals surface area contributed by atoms with E-state index in [0.717, 1.165) is 0 Å². The van der Waals surface area contributed by atoms with Crippen LogP contribution in [0.15, 0.2) is 12.7 Å². The van der Waals surface area contributed by atoms with Crippen molar-refractivity contribution in [1.29, 1.82) is 0 Å². The molecule has 0 N–H and O–H groups in total. The van der Waals surface area contributed by atoms with E-state index in [1.165, 1.54) is 19.3 Å². The number of unbranched alkanes of at least 4 members (excludes halogenated alkanes) is 2. The van der Waals surface area contributed by atoms with Crippen LogP contribution < -0.4 is 0 Å². The van der Waals surface area contributed by atoms with Crippen LogP contribution in [0.1, 0.15) is 81.6 Å². The van der Waals surface area contributed by atoms with Gasteiger partial charge in [-0.3, -0.25) is 0 Å². The van der Waals surface area contributed by atoms with Crippen LogP contribution in [0.4, 0.5) is 0 Å². The molecule has 0 amide bonds. The lowest BCUT2D eigenvalue weighted by Gasteiger charge is -2.05. The Balaban J connectivity index is -0.0000000574. The lowest BCUT2D eigenvalue weighted by Crippen LogP contribution is -1.93. The van der Waals surface area contributed by atoms with Crippen molar-refractivity contribution in [2.45, 2.75) is 81.6 Å². The van der Waals surface area contributed by atoms with Crippen LogP contribution in [0.5, 0.6) is 0 Å². The zero-order valence-electron chi connectivity index (χ0n) is 12.9. The normalized spacial score (nSPS) is 8.07. The van der Waals surface area contributed by atoms with Gasteiger partial charge in [-0.05, 0) is 12.3 Å². The van der Waals surface area contributed by atoms with E-state index in [-0.39, 0.29) is 0 Å². The van der Waals surface area contributed by atoms with Gasteiger partial charge in [0.2, 0.25) is 0 Å². The summed E-state index contributed by atoms with van der Waals surface area (Å²) >= 11 is 0. The molecule has 0 aromatic carbocycles. The quantitative estimate of drug-likeness (QED) is 0.464. The minimum Gasteiger partial charge on any atom is -0.103 e. The maximum absolute atomic E-state index is 3.36. The predicted octanol–water partition coefficient (Wildman–Crippen LogP) is 6.47. The minimum atomic E-state index is 0.500. The third-order valence-electron chi connectivity index (χ3n) is 0.707. The van der Waals surface area contributed by atoms with E-state index in [1.54, 1.807) is 6.08 Å². The van der Waals surface area contributed by atoms with Gasteiger partial charge in [0.1, 0.15) is 0 Å². The third kappa shape index (κ3) is 625. The monoisotopic (exact) mass is 216 g/mol. The van der Waals surface area contributed by atoms with Crippen molar-refractivity contribution in [3.63, 3.8) is 0 Å². The number of allylic oxidation sites excluding steroid dienone is 1. The van der Waals surface area contributed by atoms with Gasteiger partial charge in [-0.1, -0.05) is 80.7 Å². The van der Waals surface area contributed by atoms with Gasteiger partial charge in [-0.2, -0.15) is 0 Å². The lowest BCUT2D eigenvalue weighted by molar-refractivity contribution is 0.469. The highest BCUT2D eigenvalue weighted by molar-refractivity contribution is 4.51. The number of hydrogen-bond acceptors (Lipinski definition) is 0. The fourth-order valence-electron chi connectivity index (χ4n) is 0.354. The molecule has 0 aliphatic rings. The van der Waals surface area contributed by atoms with Crippen LogP contribution in [0.3, 0.4) is 0 Å². The Morgan fingerprint density at radius 2 is 1.07 bits per heavy atom. The standard InChI is InChI=1S/2C5H12.C3H6.C2H6/c1-5(2,3)4;1-3-5-4-2;1-3-2;1-2/h1-4H3;3-5H2,1-2H3;3H,1H2,2H3;1-2H3. The van der Waals surface area contributed by atoms with Crippen LogP contribution in [-0.2, 0) is 0 Å². The van der Waals surface area contributed by atoms with E-state index >= 15 is 0 Å². The highest BCUT2D eigenvalue weighted by atomic mass is 14.0. The van der Waals surface area contributed by atoms with Crippen molar-refractivity contribution in [1.82, 2.24) is 0 Å². The van der Waals surface area contributed by atoms with Crippen molar-refractivity contribution in [3.05, 3.63) is 12.7 Å². The smallest absolute Gasteiger partial charge is 0.0411 e. The Kier molecular flexibility index (Phi) is 37.8. The molecule has 0 spiro atoms. The van der Waals surface area contributed by atoms with E-state index in [1.807, 2.05) is 20.8 Å². The van der Waals surface area contributed by atoms with E-state index in [0.29, 0.717) is 5.41 Å². The van der Waals surface area contributed by atoms with Crippen molar-refractivity contribution in [3.8, 4) is 0 Å². The van der Waals surface area contributed by atoms with Crippen molar-refractivity contribution >= 4 is 0 Å². The summed E-state index contributed by atoms with van der Waals surface area (Å²) in [5.74, 6) is 0. The maximum Gasteiger partial charge on any atom is -0.0411 e. The second-order valence-corrected chi connectivity index (χ2v) is 4.76. The van der Waals surface area contributed by atoms with Gasteiger partial charge in [-0.15, -0.1) is 6.58 Å². The molecule has 0 rings (SSSR count). The largest absolute Gasteiger partial charge is 0.103 e. The van der Waals surface area contributed by atoms with Crippen LogP contribution >= 0.6 is 0 Å². The molecule has 0 bridgehead atoms. The van der Waals surface area contributed by atoms with Crippen LogP contribution in [0.2, 0.25) is 0 Å². The first-order valence-electron chi connectivity index (χ1n) is 6.40. The van der Waals surface area contributed by atoms with Crippen LogP contribution in [0.25, 0.3) is 0 Å². The molecule has 0 fully saturated rings. The zero-order chi connectivity index (χ0) is 13.3. The molecule has 0 unspecified atom stereocenters. The van der Waals surface area contributed by atoms with Crippen molar-refractivity contribution in [2.24, 2.45) is 5.41 Å². The minimum absolute atomic E-state index is 0.500. The first-order chi connectivity index (χ1) is 6.83. The Morgan fingerprint density at radius 1 is 0.933 bits per heavy atom. The summed E-state index contributed by atoms with van der Waals surface area (Å²) in [5, 5.41) is 0. The zero-order valence-corrected chi connectivity index (χ0v) is 12.9. The summed E-state index contributed by atoms with van der Waals surface area (Å²) < 4.78 is 0. The Labute approximate surface area is 100 Å². The molecule has 0 saturated heterocycles. The summed E-state index contributed by atoms with van der Waals surface area (Å²) in [6.45, 7) is 22.4. The highest BCUT2D eigenvalue weighted by Crippen LogP contribution is 2.08. The Morgan fingerprint density at radius 3 is 1.07 bits per heavy atom. The van der Waals surface area contributed by atoms with Gasteiger partial charge in [0.15, 0.2) is 0 Å². The Hall–Kier alpha value is -0.260. The fourth-order valence-corrected chi connectivity index (χ4v) is 0.354. The molecular weight excluding hydrogens is 180 g/mol. The molecule has 0 heteroatoms. The van der Waals surface area contributed by atoms with Crippen molar-refractivity contribution in [2.75, 3.05) is 0 Å². The molecule has 0 radical (unpaired) electrons. The van der Waals surface area contributed by atoms with E-state index in [4.69, 9.17) is 0 Å². The molecule has 15 heavy (non-hydrogen) atoms. The highest BCUT2D eigenvalue weighted by Gasteiger charge is 1.95. The molecular formula is C15H36. The van der Waals surface area contributed by atoms with E-state index in [2.05, 4.69) is 48.1 Å². The van der Waals surface area contributed by atoms with Gasteiger partial charge in [-0.25, -0.2) is 0 Å². The fraction of sp³-hybridized carbons (Fsp3) is 0.867. The van der Waals surface area contributed by atoms with Crippen molar-refractivity contribution < 1.29 is 0 Å². The second kappa shape index (κ2) is 23.5. The second-order valence-electron chi connectivity index (χ2n) is 4.76. The van der Waals surface area contributed by atoms with Gasteiger partial charge >= 0.3 is 0 Å². The van der Waals surface area contributed by atoms with Gasteiger partial charge in [0, 0.05) is 0 Å². The third-order valence-corrected chi connectivity index (χ3v) is 0.707. The predicted molar refractivity (Wildman–Crippen MR) is 77.5 cm³/mol. The van der Waals surface area contributed by atoms with Crippen LogP contribution in [-0.4, -0.2) is 0 Å². The number of hydrogen-bond donors (Lipinski definition) is 0. The summed E-state index contributed by atoms with van der Waals surface area (Å²) in [4.78, 5) is 0. The molecule has 0 aliphatic carbocycles. The van der Waals surface area contributed by atoms with Crippen LogP contribution in [0, 0.1) is 5.41 Å². The topological polar surface area (TPSA) is 0 Å². The first kappa shape index (κ1) is 24.1. The summed E-state index contributed by atoms with van der Waals surface area (Å²) in [6, 6.07) is 0. The molecule has 0 atom stereocenters.